The Balaban J connectivity index is 1.67. The van der Waals surface area contributed by atoms with Crippen LogP contribution in [0.1, 0.15) is 10.4 Å². The fraction of sp³-hybridized carbons (Fsp3) is 0. The molecule has 0 saturated heterocycles. The van der Waals surface area contributed by atoms with Gasteiger partial charge in [-0.15, -0.1) is 20.5 Å². The molecule has 0 aliphatic rings. The summed E-state index contributed by atoms with van der Waals surface area (Å²) in [6.07, 6.45) is 0. The summed E-state index contributed by atoms with van der Waals surface area (Å²) in [5, 5.41) is 47.9. The van der Waals surface area contributed by atoms with Gasteiger partial charge in [0.1, 0.15) is 22.7 Å². The largest absolute Gasteiger partial charge is 0.506 e. The Hall–Kier alpha value is -5.29. The Morgan fingerprint density at radius 2 is 1.23 bits per heavy atom. The molecule has 0 radical (unpaired) electrons. The maximum atomic E-state index is 11.9. The molecule has 0 amide bonds. The third kappa shape index (κ3) is 5.88. The van der Waals surface area contributed by atoms with Crippen LogP contribution < -0.4 is 0 Å². The molecule has 0 bridgehead atoms. The highest BCUT2D eigenvalue weighted by Gasteiger charge is 2.21. The van der Waals surface area contributed by atoms with Gasteiger partial charge in [-0.05, 0) is 47.9 Å². The normalized spacial score (nSPS) is 12.5. The number of carboxylic acids is 1. The molecule has 5 rings (SSSR count). The van der Waals surface area contributed by atoms with Crippen molar-refractivity contribution in [1.82, 2.24) is 0 Å². The fourth-order valence-corrected chi connectivity index (χ4v) is 5.21. The number of azo groups is 2. The first-order chi connectivity index (χ1) is 20.2. The van der Waals surface area contributed by atoms with E-state index in [2.05, 4.69) is 20.5 Å². The first kappa shape index (κ1) is 29.2. The van der Waals surface area contributed by atoms with E-state index in [1.807, 2.05) is 6.07 Å². The molecule has 0 unspecified atom stereocenters. The second-order valence-electron chi connectivity index (χ2n) is 8.96. The van der Waals surface area contributed by atoms with E-state index in [0.29, 0.717) is 17.5 Å². The average Bonchev–Trinajstić information content (AvgIpc) is 2.95. The highest BCUT2D eigenvalue weighted by molar-refractivity contribution is 7.86. The molecule has 5 N–H and O–H groups in total. The average molecular weight is 623 g/mol. The molecule has 0 saturated carbocycles. The van der Waals surface area contributed by atoms with Crippen LogP contribution in [0.15, 0.2) is 109 Å². The van der Waals surface area contributed by atoms with E-state index in [1.165, 1.54) is 24.3 Å². The van der Waals surface area contributed by atoms with Crippen molar-refractivity contribution < 1.29 is 46.1 Å². The number of hydrogen-bond acceptors (Lipinski definition) is 11. The van der Waals surface area contributed by atoms with Crippen LogP contribution in [0.3, 0.4) is 0 Å². The highest BCUT2D eigenvalue weighted by atomic mass is 32.2. The summed E-state index contributed by atoms with van der Waals surface area (Å²) in [6.45, 7) is 0. The molecule has 43 heavy (non-hydrogen) atoms. The first-order valence-electron chi connectivity index (χ1n) is 11.9. The van der Waals surface area contributed by atoms with Crippen molar-refractivity contribution in [2.75, 3.05) is 0 Å². The van der Waals surface area contributed by atoms with Gasteiger partial charge in [-0.3, -0.25) is 9.11 Å². The molecule has 16 heteroatoms. The number of phenolic OH excluding ortho intramolecular Hbond substituents is 1. The van der Waals surface area contributed by atoms with Crippen LogP contribution in [-0.4, -0.2) is 47.2 Å². The lowest BCUT2D eigenvalue weighted by Crippen LogP contribution is -2.03. The van der Waals surface area contributed by atoms with Gasteiger partial charge in [-0.25, -0.2) is 4.79 Å². The number of carboxylic acid groups (broad SMARTS) is 1. The Morgan fingerprint density at radius 3 is 1.91 bits per heavy atom. The minimum atomic E-state index is -4.88. The Labute approximate surface area is 242 Å². The molecule has 5 aromatic rings. The van der Waals surface area contributed by atoms with Crippen LogP contribution in [0.5, 0.6) is 11.5 Å². The lowest BCUT2D eigenvalue weighted by atomic mass is 10.1. The van der Waals surface area contributed by atoms with Crippen molar-refractivity contribution in [3.8, 4) is 11.5 Å². The number of phenols is 2. The number of hydrogen-bond donors (Lipinski definition) is 5. The second kappa shape index (κ2) is 10.8. The third-order valence-electron chi connectivity index (χ3n) is 6.23. The van der Waals surface area contributed by atoms with E-state index >= 15 is 0 Å². The van der Waals surface area contributed by atoms with Gasteiger partial charge in [0.15, 0.2) is 5.75 Å². The number of benzene rings is 5. The summed E-state index contributed by atoms with van der Waals surface area (Å²) in [5.41, 5.74) is -1.21. The van der Waals surface area contributed by atoms with Crippen LogP contribution in [0.2, 0.25) is 0 Å². The quantitative estimate of drug-likeness (QED) is 0.0985. The van der Waals surface area contributed by atoms with E-state index < -0.39 is 53.0 Å². The molecule has 0 atom stereocenters. The van der Waals surface area contributed by atoms with Crippen molar-refractivity contribution in [3.05, 3.63) is 84.4 Å². The van der Waals surface area contributed by atoms with Crippen LogP contribution >= 0.6 is 0 Å². The molecular formula is C27H18N4O10S2. The van der Waals surface area contributed by atoms with Crippen LogP contribution in [-0.2, 0) is 20.2 Å². The van der Waals surface area contributed by atoms with Gasteiger partial charge in [0, 0.05) is 16.2 Å². The van der Waals surface area contributed by atoms with Crippen LogP contribution in [0.25, 0.3) is 21.5 Å². The summed E-state index contributed by atoms with van der Waals surface area (Å²) in [5.74, 6) is -2.79. The van der Waals surface area contributed by atoms with Crippen molar-refractivity contribution in [3.63, 3.8) is 0 Å². The van der Waals surface area contributed by atoms with E-state index in [4.69, 9.17) is 0 Å². The number of rotatable bonds is 7. The predicted molar refractivity (Wildman–Crippen MR) is 153 cm³/mol. The summed E-state index contributed by atoms with van der Waals surface area (Å²) in [7, 11) is -9.54. The van der Waals surface area contributed by atoms with E-state index in [9.17, 15) is 46.1 Å². The Kier molecular flexibility index (Phi) is 7.37. The van der Waals surface area contributed by atoms with E-state index in [-0.39, 0.29) is 33.6 Å². The van der Waals surface area contributed by atoms with Gasteiger partial charge in [0.2, 0.25) is 0 Å². The molecule has 5 aromatic carbocycles. The standard InChI is InChI=1S/C27H18N4O10S2/c32-24-10-5-14-3-1-2-4-17(14)25(24)31-29-22-9-8-21(18-7-6-15(11-19(18)22)42(36,37)38)28-30-23-13-16(43(39,40)41)12-20(26(23)33)27(34)35/h1-13,32-33H,(H,34,35)(H,36,37,38)(H,39,40,41). The van der Waals surface area contributed by atoms with Crippen molar-refractivity contribution >= 4 is 70.5 Å². The fourth-order valence-electron chi connectivity index (χ4n) is 4.17. The maximum absolute atomic E-state index is 11.9. The van der Waals surface area contributed by atoms with Crippen LogP contribution in [0, 0.1) is 0 Å². The summed E-state index contributed by atoms with van der Waals surface area (Å²) in [4.78, 5) is 10.2. The lowest BCUT2D eigenvalue weighted by Gasteiger charge is -2.08. The molecule has 0 aliphatic carbocycles. The predicted octanol–water partition coefficient (Wildman–Crippen LogP) is 6.43. The number of aromatic hydroxyl groups is 2. The summed E-state index contributed by atoms with van der Waals surface area (Å²) < 4.78 is 66.0. The number of carbonyl (C=O) groups is 1. The first-order valence-corrected chi connectivity index (χ1v) is 14.8. The minimum absolute atomic E-state index is 0.0254. The van der Waals surface area contributed by atoms with Gasteiger partial charge in [-0.1, -0.05) is 36.4 Å². The SMILES string of the molecule is O=C(O)c1cc(S(=O)(=O)O)cc(N=Nc2ccc(N=Nc3c(O)ccc4ccccc34)c3cc(S(=O)(=O)O)ccc23)c1O. The molecular weight excluding hydrogens is 604 g/mol. The molecule has 14 nitrogen and oxygen atoms in total. The lowest BCUT2D eigenvalue weighted by molar-refractivity contribution is 0.0693. The van der Waals surface area contributed by atoms with Crippen molar-refractivity contribution in [2.45, 2.75) is 9.79 Å². The van der Waals surface area contributed by atoms with Gasteiger partial charge in [-0.2, -0.15) is 16.8 Å². The summed E-state index contributed by atoms with van der Waals surface area (Å²) in [6, 6.07) is 17.7. The van der Waals surface area contributed by atoms with Crippen LogP contribution in [0.4, 0.5) is 22.7 Å². The molecule has 0 fully saturated rings. The zero-order valence-electron chi connectivity index (χ0n) is 21.4. The van der Waals surface area contributed by atoms with Gasteiger partial charge in [0.05, 0.1) is 21.2 Å². The van der Waals surface area contributed by atoms with Gasteiger partial charge >= 0.3 is 5.97 Å². The number of fused-ring (bicyclic) bond motifs is 2. The zero-order valence-corrected chi connectivity index (χ0v) is 23.0. The Morgan fingerprint density at radius 1 is 0.605 bits per heavy atom. The number of nitrogens with zero attached hydrogens (tertiary/aromatic N) is 4. The Bertz CT molecular complexity index is 2250. The van der Waals surface area contributed by atoms with Gasteiger partial charge < -0.3 is 15.3 Å². The number of aromatic carboxylic acids is 1. The topological polar surface area (TPSA) is 236 Å². The molecule has 218 valence electrons. The van der Waals surface area contributed by atoms with Gasteiger partial charge in [0.25, 0.3) is 20.2 Å². The third-order valence-corrected chi connectivity index (χ3v) is 7.92. The second-order valence-corrected chi connectivity index (χ2v) is 11.8. The van der Waals surface area contributed by atoms with Crippen molar-refractivity contribution in [1.29, 1.82) is 0 Å². The minimum Gasteiger partial charge on any atom is -0.506 e. The van der Waals surface area contributed by atoms with Crippen molar-refractivity contribution in [2.24, 2.45) is 20.5 Å². The van der Waals surface area contributed by atoms with E-state index in [1.54, 1.807) is 24.3 Å². The maximum Gasteiger partial charge on any atom is 0.339 e. The smallest absolute Gasteiger partial charge is 0.339 e. The zero-order chi connectivity index (χ0) is 31.1. The molecule has 0 spiro atoms. The monoisotopic (exact) mass is 622 g/mol. The molecule has 0 aliphatic heterocycles. The van der Waals surface area contributed by atoms with E-state index in [0.717, 1.165) is 17.5 Å². The highest BCUT2D eigenvalue weighted by Crippen LogP contribution is 2.40. The molecule has 0 aromatic heterocycles. The molecule has 0 heterocycles. The summed E-state index contributed by atoms with van der Waals surface area (Å²) >= 11 is 0.